The molecule has 2 rings (SSSR count). The maximum atomic E-state index is 12.3. The van der Waals surface area contributed by atoms with Gasteiger partial charge in [0.2, 0.25) is 0 Å². The molecule has 0 spiro atoms. The van der Waals surface area contributed by atoms with Gasteiger partial charge in [0.15, 0.2) is 0 Å². The third kappa shape index (κ3) is 3.68. The Hall–Kier alpha value is -1.65. The summed E-state index contributed by atoms with van der Waals surface area (Å²) in [5, 5.41) is 2.93. The van der Waals surface area contributed by atoms with E-state index in [-0.39, 0.29) is 23.3 Å². The molecule has 0 radical (unpaired) electrons. The lowest BCUT2D eigenvalue weighted by molar-refractivity contribution is -0.0501. The summed E-state index contributed by atoms with van der Waals surface area (Å²) in [6.45, 7) is -0.830. The number of amides is 1. The van der Waals surface area contributed by atoms with Crippen LogP contribution in [0.1, 0.15) is 43.0 Å². The van der Waals surface area contributed by atoms with E-state index in [4.69, 9.17) is 0 Å². The summed E-state index contributed by atoms with van der Waals surface area (Å²) in [5.74, 6) is -0.0145. The molecule has 1 aliphatic rings. The van der Waals surface area contributed by atoms with Gasteiger partial charge in [0.1, 0.15) is 5.75 Å². The highest BCUT2D eigenvalue weighted by molar-refractivity contribution is 5.97. The van der Waals surface area contributed by atoms with Crippen molar-refractivity contribution in [3.8, 4) is 5.75 Å². The third-order valence-electron chi connectivity index (χ3n) is 3.78. The molecule has 0 bridgehead atoms. The Kier molecular flexibility index (Phi) is 4.93. The van der Waals surface area contributed by atoms with Crippen molar-refractivity contribution in [2.75, 3.05) is 0 Å². The van der Waals surface area contributed by atoms with E-state index >= 15 is 0 Å². The molecular weight excluding hydrogens is 264 g/mol. The molecule has 1 amide bonds. The third-order valence-corrected chi connectivity index (χ3v) is 3.78. The Morgan fingerprint density at radius 3 is 2.70 bits per heavy atom. The van der Waals surface area contributed by atoms with E-state index in [1.165, 1.54) is 18.6 Å². The lowest BCUT2D eigenvalue weighted by atomic mass is 9.86. The van der Waals surface area contributed by atoms with Gasteiger partial charge in [-0.25, -0.2) is 0 Å². The maximum absolute atomic E-state index is 12.3. The van der Waals surface area contributed by atoms with Crippen LogP contribution in [0.5, 0.6) is 5.75 Å². The van der Waals surface area contributed by atoms with Gasteiger partial charge in [-0.3, -0.25) is 4.79 Å². The standard InChI is InChI=1S/C15H19F2NO2/c1-10-6-2-4-8-12(10)18-14(19)11-7-3-5-9-13(11)20-15(16)17/h3,5,7,9-10,12,15H,2,4,6,8H2,1H3,(H,18,19)/t10-,12+/m0/s1. The topological polar surface area (TPSA) is 38.3 Å². The molecule has 110 valence electrons. The van der Waals surface area contributed by atoms with Gasteiger partial charge in [0.25, 0.3) is 5.91 Å². The molecule has 1 aromatic carbocycles. The molecular formula is C15H19F2NO2. The smallest absolute Gasteiger partial charge is 0.387 e. The van der Waals surface area contributed by atoms with E-state index in [2.05, 4.69) is 17.0 Å². The first kappa shape index (κ1) is 14.8. The number of rotatable bonds is 4. The van der Waals surface area contributed by atoms with E-state index in [9.17, 15) is 13.6 Å². The Morgan fingerprint density at radius 1 is 1.30 bits per heavy atom. The fourth-order valence-electron chi connectivity index (χ4n) is 2.63. The number of nitrogens with one attached hydrogen (secondary N) is 1. The van der Waals surface area contributed by atoms with Crippen LogP contribution in [0, 0.1) is 5.92 Å². The van der Waals surface area contributed by atoms with Crippen molar-refractivity contribution in [2.45, 2.75) is 45.3 Å². The zero-order chi connectivity index (χ0) is 14.5. The number of carbonyl (C=O) groups excluding carboxylic acids is 1. The number of para-hydroxylation sites is 1. The molecule has 1 saturated carbocycles. The molecule has 1 aromatic rings. The first-order valence-corrected chi connectivity index (χ1v) is 6.92. The number of ether oxygens (including phenoxy) is 1. The van der Waals surface area contributed by atoms with Gasteiger partial charge >= 0.3 is 6.61 Å². The molecule has 5 heteroatoms. The second-order valence-electron chi connectivity index (χ2n) is 5.22. The van der Waals surface area contributed by atoms with Crippen LogP contribution in [0.15, 0.2) is 24.3 Å². The van der Waals surface area contributed by atoms with Gasteiger partial charge in [0.05, 0.1) is 5.56 Å². The van der Waals surface area contributed by atoms with E-state index in [1.54, 1.807) is 12.1 Å². The predicted molar refractivity (Wildman–Crippen MR) is 72.0 cm³/mol. The van der Waals surface area contributed by atoms with E-state index in [0.29, 0.717) is 5.92 Å². The molecule has 0 heterocycles. The average molecular weight is 283 g/mol. The number of carbonyl (C=O) groups is 1. The molecule has 2 atom stereocenters. The summed E-state index contributed by atoms with van der Waals surface area (Å²) >= 11 is 0. The Labute approximate surface area is 117 Å². The van der Waals surface area contributed by atoms with Crippen LogP contribution in [-0.2, 0) is 0 Å². The second-order valence-corrected chi connectivity index (χ2v) is 5.22. The van der Waals surface area contributed by atoms with Gasteiger partial charge < -0.3 is 10.1 Å². The number of halogens is 2. The molecule has 0 aliphatic heterocycles. The summed E-state index contributed by atoms with van der Waals surface area (Å²) in [5.41, 5.74) is 0.158. The number of hydrogen-bond acceptors (Lipinski definition) is 2. The van der Waals surface area contributed by atoms with Crippen molar-refractivity contribution >= 4 is 5.91 Å². The van der Waals surface area contributed by atoms with Gasteiger partial charge in [-0.1, -0.05) is 31.9 Å². The predicted octanol–water partition coefficient (Wildman–Crippen LogP) is 3.60. The molecule has 3 nitrogen and oxygen atoms in total. The SMILES string of the molecule is C[C@H]1CCCC[C@H]1NC(=O)c1ccccc1OC(F)F. The van der Waals surface area contributed by atoms with Crippen molar-refractivity contribution < 1.29 is 18.3 Å². The lowest BCUT2D eigenvalue weighted by Gasteiger charge is -2.29. The minimum absolute atomic E-state index is 0.0801. The van der Waals surface area contributed by atoms with Gasteiger partial charge in [-0.15, -0.1) is 0 Å². The van der Waals surface area contributed by atoms with Crippen LogP contribution in [0.4, 0.5) is 8.78 Å². The second kappa shape index (κ2) is 6.68. The fourth-order valence-corrected chi connectivity index (χ4v) is 2.63. The van der Waals surface area contributed by atoms with Crippen molar-refractivity contribution in [3.63, 3.8) is 0 Å². The minimum atomic E-state index is -2.93. The number of alkyl halides is 2. The molecule has 0 aromatic heterocycles. The zero-order valence-electron chi connectivity index (χ0n) is 11.4. The molecule has 1 aliphatic carbocycles. The van der Waals surface area contributed by atoms with Crippen LogP contribution in [-0.4, -0.2) is 18.6 Å². The summed E-state index contributed by atoms with van der Waals surface area (Å²) in [7, 11) is 0. The fraction of sp³-hybridized carbons (Fsp3) is 0.533. The largest absolute Gasteiger partial charge is 0.434 e. The van der Waals surface area contributed by atoms with Gasteiger partial charge in [-0.2, -0.15) is 8.78 Å². The van der Waals surface area contributed by atoms with Crippen molar-refractivity contribution in [3.05, 3.63) is 29.8 Å². The minimum Gasteiger partial charge on any atom is -0.434 e. The highest BCUT2D eigenvalue weighted by Gasteiger charge is 2.24. The van der Waals surface area contributed by atoms with Crippen LogP contribution in [0.3, 0.4) is 0 Å². The molecule has 1 N–H and O–H groups in total. The van der Waals surface area contributed by atoms with Crippen LogP contribution >= 0.6 is 0 Å². The molecule has 0 saturated heterocycles. The van der Waals surface area contributed by atoms with Crippen LogP contribution in [0.25, 0.3) is 0 Å². The zero-order valence-corrected chi connectivity index (χ0v) is 11.4. The Balaban J connectivity index is 2.08. The van der Waals surface area contributed by atoms with Crippen LogP contribution in [0.2, 0.25) is 0 Å². The first-order valence-electron chi connectivity index (χ1n) is 6.92. The van der Waals surface area contributed by atoms with E-state index < -0.39 is 6.61 Å². The maximum Gasteiger partial charge on any atom is 0.387 e. The lowest BCUT2D eigenvalue weighted by Crippen LogP contribution is -2.41. The van der Waals surface area contributed by atoms with Crippen molar-refractivity contribution in [1.29, 1.82) is 0 Å². The van der Waals surface area contributed by atoms with Crippen LogP contribution < -0.4 is 10.1 Å². The summed E-state index contributed by atoms with van der Waals surface area (Å²) in [6, 6.07) is 6.19. The van der Waals surface area contributed by atoms with E-state index in [0.717, 1.165) is 19.3 Å². The van der Waals surface area contributed by atoms with Gasteiger partial charge in [-0.05, 0) is 30.9 Å². The molecule has 1 fully saturated rings. The normalized spacial score (nSPS) is 22.6. The van der Waals surface area contributed by atoms with Gasteiger partial charge in [0, 0.05) is 6.04 Å². The summed E-state index contributed by atoms with van der Waals surface area (Å²) in [6.07, 6.45) is 4.29. The highest BCUT2D eigenvalue weighted by atomic mass is 19.3. The molecule has 20 heavy (non-hydrogen) atoms. The summed E-state index contributed by atoms with van der Waals surface area (Å²) in [4.78, 5) is 12.2. The number of hydrogen-bond donors (Lipinski definition) is 1. The summed E-state index contributed by atoms with van der Waals surface area (Å²) < 4.78 is 29.0. The molecule has 0 unspecified atom stereocenters. The van der Waals surface area contributed by atoms with Crippen molar-refractivity contribution in [1.82, 2.24) is 5.32 Å². The Morgan fingerprint density at radius 2 is 2.00 bits per heavy atom. The average Bonchev–Trinajstić information content (AvgIpc) is 2.41. The quantitative estimate of drug-likeness (QED) is 0.917. The van der Waals surface area contributed by atoms with E-state index in [1.807, 2.05) is 0 Å². The van der Waals surface area contributed by atoms with Crippen molar-refractivity contribution in [2.24, 2.45) is 5.92 Å². The Bertz CT molecular complexity index is 465. The first-order chi connectivity index (χ1) is 9.58. The highest BCUT2D eigenvalue weighted by Crippen LogP contribution is 2.25. The monoisotopic (exact) mass is 283 g/mol. The number of benzene rings is 1.